The van der Waals surface area contributed by atoms with Gasteiger partial charge in [0.25, 0.3) is 5.91 Å². The summed E-state index contributed by atoms with van der Waals surface area (Å²) >= 11 is 0. The summed E-state index contributed by atoms with van der Waals surface area (Å²) in [5, 5.41) is 4.95. The van der Waals surface area contributed by atoms with Gasteiger partial charge in [0.05, 0.1) is 5.69 Å². The average molecular weight is 199 g/mol. The minimum atomic E-state index is -0.0983. The van der Waals surface area contributed by atoms with Gasteiger partial charge in [0.1, 0.15) is 5.75 Å². The molecule has 2 aromatic carbocycles. The molecule has 0 bridgehead atoms. The highest BCUT2D eigenvalue weighted by Gasteiger charge is 2.17. The van der Waals surface area contributed by atoms with Gasteiger partial charge in [-0.3, -0.25) is 4.79 Å². The summed E-state index contributed by atoms with van der Waals surface area (Å²) in [5.41, 5.74) is 0.782. The van der Waals surface area contributed by atoms with Gasteiger partial charge in [-0.2, -0.15) is 0 Å². The maximum absolute atomic E-state index is 11.2. The summed E-state index contributed by atoms with van der Waals surface area (Å²) in [4.78, 5) is 11.2. The number of amides is 1. The van der Waals surface area contributed by atoms with Crippen LogP contribution in [0.15, 0.2) is 36.4 Å². The fourth-order valence-corrected chi connectivity index (χ4v) is 1.82. The van der Waals surface area contributed by atoms with E-state index in [-0.39, 0.29) is 12.5 Å². The molecule has 3 heteroatoms. The maximum atomic E-state index is 11.2. The van der Waals surface area contributed by atoms with E-state index in [0.29, 0.717) is 0 Å². The third kappa shape index (κ3) is 1.24. The van der Waals surface area contributed by atoms with Crippen molar-refractivity contribution in [2.75, 3.05) is 11.9 Å². The van der Waals surface area contributed by atoms with Crippen molar-refractivity contribution in [3.05, 3.63) is 36.4 Å². The first-order valence-corrected chi connectivity index (χ1v) is 4.79. The summed E-state index contributed by atoms with van der Waals surface area (Å²) in [5.74, 6) is 0.646. The minimum Gasteiger partial charge on any atom is -0.482 e. The predicted octanol–water partition coefficient (Wildman–Crippen LogP) is 2.17. The number of hydrogen-bond donors (Lipinski definition) is 1. The summed E-state index contributed by atoms with van der Waals surface area (Å²) in [6, 6.07) is 11.8. The van der Waals surface area contributed by atoms with Crippen LogP contribution < -0.4 is 10.1 Å². The third-order valence-corrected chi connectivity index (χ3v) is 2.51. The van der Waals surface area contributed by atoms with E-state index in [0.717, 1.165) is 22.2 Å². The van der Waals surface area contributed by atoms with Crippen molar-refractivity contribution in [2.45, 2.75) is 0 Å². The highest BCUT2D eigenvalue weighted by Crippen LogP contribution is 2.34. The third-order valence-electron chi connectivity index (χ3n) is 2.51. The van der Waals surface area contributed by atoms with Gasteiger partial charge in [0.2, 0.25) is 0 Å². The highest BCUT2D eigenvalue weighted by atomic mass is 16.5. The second-order valence-corrected chi connectivity index (χ2v) is 3.50. The van der Waals surface area contributed by atoms with Crippen LogP contribution in [0.3, 0.4) is 0 Å². The van der Waals surface area contributed by atoms with Crippen LogP contribution >= 0.6 is 0 Å². The zero-order valence-corrected chi connectivity index (χ0v) is 7.99. The summed E-state index contributed by atoms with van der Waals surface area (Å²) in [7, 11) is 0. The number of hydrogen-bond acceptors (Lipinski definition) is 2. The maximum Gasteiger partial charge on any atom is 0.262 e. The minimum absolute atomic E-state index is 0.0983. The molecule has 0 aliphatic carbocycles. The van der Waals surface area contributed by atoms with Gasteiger partial charge in [-0.15, -0.1) is 0 Å². The summed E-state index contributed by atoms with van der Waals surface area (Å²) in [6.45, 7) is 0.103. The lowest BCUT2D eigenvalue weighted by Gasteiger charge is -2.19. The van der Waals surface area contributed by atoms with Crippen LogP contribution in [0.1, 0.15) is 0 Å². The monoisotopic (exact) mass is 199 g/mol. The molecule has 0 spiro atoms. The molecule has 3 nitrogen and oxygen atoms in total. The normalized spacial score (nSPS) is 14.3. The van der Waals surface area contributed by atoms with Crippen LogP contribution in [0, 0.1) is 0 Å². The smallest absolute Gasteiger partial charge is 0.262 e. The number of anilines is 1. The van der Waals surface area contributed by atoms with Crippen molar-refractivity contribution in [3.8, 4) is 5.75 Å². The molecule has 0 saturated carbocycles. The fourth-order valence-electron chi connectivity index (χ4n) is 1.82. The van der Waals surface area contributed by atoms with Crippen LogP contribution in [0.25, 0.3) is 10.8 Å². The van der Waals surface area contributed by atoms with Crippen LogP contribution in [-0.2, 0) is 4.79 Å². The van der Waals surface area contributed by atoms with Crippen molar-refractivity contribution in [1.82, 2.24) is 0 Å². The number of fused-ring (bicyclic) bond motifs is 3. The Morgan fingerprint density at radius 3 is 2.93 bits per heavy atom. The number of nitrogens with one attached hydrogen (secondary N) is 1. The van der Waals surface area contributed by atoms with Gasteiger partial charge in [-0.05, 0) is 11.5 Å². The van der Waals surface area contributed by atoms with Crippen LogP contribution in [0.5, 0.6) is 5.75 Å². The first kappa shape index (κ1) is 8.29. The first-order chi connectivity index (χ1) is 7.34. The molecule has 15 heavy (non-hydrogen) atoms. The second kappa shape index (κ2) is 2.98. The Labute approximate surface area is 86.7 Å². The van der Waals surface area contributed by atoms with Gasteiger partial charge in [0.15, 0.2) is 6.61 Å². The molecule has 0 atom stereocenters. The van der Waals surface area contributed by atoms with Gasteiger partial charge >= 0.3 is 0 Å². The molecule has 0 fully saturated rings. The Bertz CT molecular complexity index is 548. The molecule has 0 saturated heterocycles. The van der Waals surface area contributed by atoms with Gasteiger partial charge in [0, 0.05) is 5.39 Å². The average Bonchev–Trinajstić information content (AvgIpc) is 2.29. The van der Waals surface area contributed by atoms with E-state index in [1.165, 1.54) is 0 Å². The lowest BCUT2D eigenvalue weighted by atomic mass is 10.1. The first-order valence-electron chi connectivity index (χ1n) is 4.79. The van der Waals surface area contributed by atoms with Crippen LogP contribution in [0.2, 0.25) is 0 Å². The molecule has 2 aromatic rings. The predicted molar refractivity (Wildman–Crippen MR) is 58.1 cm³/mol. The molecule has 0 unspecified atom stereocenters. The van der Waals surface area contributed by atoms with Gasteiger partial charge < -0.3 is 10.1 Å². The Morgan fingerprint density at radius 2 is 2.00 bits per heavy atom. The van der Waals surface area contributed by atoms with Crippen molar-refractivity contribution in [1.29, 1.82) is 0 Å². The molecule has 1 heterocycles. The molecular formula is C12H9NO2. The van der Waals surface area contributed by atoms with Crippen LogP contribution in [0.4, 0.5) is 5.69 Å². The van der Waals surface area contributed by atoms with E-state index in [4.69, 9.17) is 4.74 Å². The number of benzene rings is 2. The standard InChI is InChI=1S/C12H9NO2/c14-11-7-15-10-6-5-8-3-1-2-4-9(8)12(10)13-11/h1-6H,7H2,(H,13,14). The van der Waals surface area contributed by atoms with E-state index in [1.54, 1.807) is 0 Å². The van der Waals surface area contributed by atoms with E-state index < -0.39 is 0 Å². The largest absolute Gasteiger partial charge is 0.482 e. The zero-order valence-electron chi connectivity index (χ0n) is 7.99. The zero-order chi connectivity index (χ0) is 10.3. The molecule has 1 aliphatic heterocycles. The van der Waals surface area contributed by atoms with E-state index in [2.05, 4.69) is 5.32 Å². The van der Waals surface area contributed by atoms with E-state index in [9.17, 15) is 4.79 Å². The van der Waals surface area contributed by atoms with E-state index >= 15 is 0 Å². The lowest BCUT2D eigenvalue weighted by Crippen LogP contribution is -2.25. The topological polar surface area (TPSA) is 38.3 Å². The Balaban J connectivity index is 2.32. The SMILES string of the molecule is O=C1COc2ccc3ccccc3c2N1. The van der Waals surface area contributed by atoms with Gasteiger partial charge in [-0.1, -0.05) is 30.3 Å². The lowest BCUT2D eigenvalue weighted by molar-refractivity contribution is -0.118. The molecule has 0 radical (unpaired) electrons. The van der Waals surface area contributed by atoms with Crippen molar-refractivity contribution in [2.24, 2.45) is 0 Å². The van der Waals surface area contributed by atoms with Gasteiger partial charge in [-0.25, -0.2) is 0 Å². The van der Waals surface area contributed by atoms with Crippen molar-refractivity contribution in [3.63, 3.8) is 0 Å². The number of carbonyl (C=O) groups is 1. The second-order valence-electron chi connectivity index (χ2n) is 3.50. The van der Waals surface area contributed by atoms with Crippen molar-refractivity contribution < 1.29 is 9.53 Å². The van der Waals surface area contributed by atoms with Crippen LogP contribution in [-0.4, -0.2) is 12.5 Å². The summed E-state index contributed by atoms with van der Waals surface area (Å²) in [6.07, 6.45) is 0. The van der Waals surface area contributed by atoms with E-state index in [1.807, 2.05) is 36.4 Å². The molecule has 74 valence electrons. The molecule has 3 rings (SSSR count). The molecule has 1 N–H and O–H groups in total. The molecule has 1 aliphatic rings. The molecular weight excluding hydrogens is 190 g/mol. The number of carbonyl (C=O) groups excluding carboxylic acids is 1. The number of rotatable bonds is 0. The molecule has 0 aromatic heterocycles. The quantitative estimate of drug-likeness (QED) is 0.706. The number of ether oxygens (including phenoxy) is 1. The Morgan fingerprint density at radius 1 is 1.13 bits per heavy atom. The highest BCUT2D eigenvalue weighted by molar-refractivity contribution is 6.06. The molecule has 1 amide bonds. The Kier molecular flexibility index (Phi) is 1.65. The fraction of sp³-hybridized carbons (Fsp3) is 0.0833. The Hall–Kier alpha value is -2.03. The summed E-state index contributed by atoms with van der Waals surface area (Å²) < 4.78 is 5.33. The van der Waals surface area contributed by atoms with Crippen molar-refractivity contribution >= 4 is 22.4 Å².